The van der Waals surface area contributed by atoms with Gasteiger partial charge in [-0.15, -0.1) is 0 Å². The average Bonchev–Trinajstić information content (AvgIpc) is 3.50. The zero-order valence-electron chi connectivity index (χ0n) is 15.3. The molecular weight excluding hydrogens is 366 g/mol. The number of halogens is 1. The molecule has 3 heterocycles. The topological polar surface area (TPSA) is 53.1 Å². The van der Waals surface area contributed by atoms with Gasteiger partial charge >= 0.3 is 0 Å². The zero-order chi connectivity index (χ0) is 18.6. The minimum absolute atomic E-state index is 0.0308. The van der Waals surface area contributed by atoms with E-state index < -0.39 is 0 Å². The van der Waals surface area contributed by atoms with Crippen molar-refractivity contribution in [1.29, 1.82) is 0 Å². The fourth-order valence-electron chi connectivity index (χ4n) is 4.82. The van der Waals surface area contributed by atoms with E-state index in [4.69, 9.17) is 16.3 Å². The Morgan fingerprint density at radius 1 is 1.07 bits per heavy atom. The Morgan fingerprint density at radius 3 is 2.48 bits per heavy atom. The standard InChI is InChI=1S/C20H24ClN3O3/c21-16-5-3-15(4-6-16)18(25)22-9-17-10-27-8-7-24(17)20(11-22)12-23(13-20)19(26)14-1-2-14/h3-6,14,17H,1-2,7-13H2. The van der Waals surface area contributed by atoms with Gasteiger partial charge in [-0.1, -0.05) is 11.6 Å². The highest BCUT2D eigenvalue weighted by Crippen LogP contribution is 2.40. The van der Waals surface area contributed by atoms with Crippen LogP contribution in [0.5, 0.6) is 0 Å². The smallest absolute Gasteiger partial charge is 0.253 e. The van der Waals surface area contributed by atoms with Crippen LogP contribution in [0.3, 0.4) is 0 Å². The van der Waals surface area contributed by atoms with Crippen molar-refractivity contribution in [1.82, 2.24) is 14.7 Å². The number of carbonyl (C=O) groups excluding carboxylic acids is 2. The lowest BCUT2D eigenvalue weighted by molar-refractivity contribution is -0.173. The quantitative estimate of drug-likeness (QED) is 0.769. The Morgan fingerprint density at radius 2 is 1.78 bits per heavy atom. The second-order valence-corrected chi connectivity index (χ2v) is 8.74. The van der Waals surface area contributed by atoms with Crippen LogP contribution in [0.4, 0.5) is 0 Å². The maximum Gasteiger partial charge on any atom is 0.253 e. The van der Waals surface area contributed by atoms with Gasteiger partial charge in [0.25, 0.3) is 5.91 Å². The lowest BCUT2D eigenvalue weighted by Gasteiger charge is -2.63. The number of likely N-dealkylation sites (tertiary alicyclic amines) is 1. The monoisotopic (exact) mass is 389 g/mol. The van der Waals surface area contributed by atoms with Crippen LogP contribution in [0.15, 0.2) is 24.3 Å². The summed E-state index contributed by atoms with van der Waals surface area (Å²) < 4.78 is 5.70. The Labute approximate surface area is 164 Å². The van der Waals surface area contributed by atoms with E-state index in [1.165, 1.54) is 0 Å². The van der Waals surface area contributed by atoms with E-state index in [0.717, 1.165) is 39.1 Å². The molecule has 0 aromatic heterocycles. The van der Waals surface area contributed by atoms with Gasteiger partial charge in [-0.25, -0.2) is 0 Å². The van der Waals surface area contributed by atoms with Crippen LogP contribution in [0, 0.1) is 5.92 Å². The lowest BCUT2D eigenvalue weighted by atomic mass is 9.82. The summed E-state index contributed by atoms with van der Waals surface area (Å²) in [6.45, 7) is 5.02. The summed E-state index contributed by atoms with van der Waals surface area (Å²) in [5.41, 5.74) is 0.532. The summed E-state index contributed by atoms with van der Waals surface area (Å²) in [5, 5.41) is 0.627. The fourth-order valence-corrected chi connectivity index (χ4v) is 4.94. The number of hydrogen-bond donors (Lipinski definition) is 0. The largest absolute Gasteiger partial charge is 0.378 e. The third-order valence-corrected chi connectivity index (χ3v) is 6.59. The number of benzene rings is 1. The number of morpholine rings is 1. The number of amides is 2. The number of hydrogen-bond acceptors (Lipinski definition) is 4. The van der Waals surface area contributed by atoms with E-state index in [0.29, 0.717) is 36.2 Å². The number of piperazine rings is 1. The van der Waals surface area contributed by atoms with Crippen LogP contribution < -0.4 is 0 Å². The molecule has 4 fully saturated rings. The van der Waals surface area contributed by atoms with Gasteiger partial charge in [-0.3, -0.25) is 14.5 Å². The Balaban J connectivity index is 1.36. The molecule has 0 N–H and O–H groups in total. The van der Waals surface area contributed by atoms with E-state index in [9.17, 15) is 9.59 Å². The van der Waals surface area contributed by atoms with Crippen LogP contribution in [-0.4, -0.2) is 84.0 Å². The van der Waals surface area contributed by atoms with Crippen LogP contribution >= 0.6 is 11.6 Å². The van der Waals surface area contributed by atoms with E-state index in [2.05, 4.69) is 4.90 Å². The average molecular weight is 390 g/mol. The zero-order valence-corrected chi connectivity index (χ0v) is 16.0. The second kappa shape index (κ2) is 6.47. The summed E-state index contributed by atoms with van der Waals surface area (Å²) in [6, 6.07) is 7.27. The molecule has 3 saturated heterocycles. The first-order valence-electron chi connectivity index (χ1n) is 9.74. The molecule has 6 nitrogen and oxygen atoms in total. The van der Waals surface area contributed by atoms with Crippen LogP contribution in [-0.2, 0) is 9.53 Å². The summed E-state index contributed by atoms with van der Waals surface area (Å²) in [7, 11) is 0. The van der Waals surface area contributed by atoms with Gasteiger partial charge in [0.1, 0.15) is 0 Å². The van der Waals surface area contributed by atoms with Crippen molar-refractivity contribution in [2.24, 2.45) is 5.92 Å². The SMILES string of the molecule is O=C(c1ccc(Cl)cc1)N1CC2COCCN2C2(C1)CN(C(=O)C1CC1)C2. The molecule has 5 rings (SSSR count). The van der Waals surface area contributed by atoms with Crippen molar-refractivity contribution < 1.29 is 14.3 Å². The number of fused-ring (bicyclic) bond motifs is 2. The van der Waals surface area contributed by atoms with Gasteiger partial charge < -0.3 is 14.5 Å². The molecular formula is C20H24ClN3O3. The Bertz CT molecular complexity index is 758. The van der Waals surface area contributed by atoms with Gasteiger partial charge in [0.15, 0.2) is 0 Å². The van der Waals surface area contributed by atoms with Crippen molar-refractivity contribution in [2.75, 3.05) is 45.9 Å². The Kier molecular flexibility index (Phi) is 4.18. The number of carbonyl (C=O) groups is 2. The maximum atomic E-state index is 13.1. The molecule has 1 unspecified atom stereocenters. The summed E-state index contributed by atoms with van der Waals surface area (Å²) >= 11 is 5.96. The Hall–Kier alpha value is -1.63. The number of ether oxygens (including phenoxy) is 1. The van der Waals surface area contributed by atoms with Gasteiger partial charge in [-0.05, 0) is 37.1 Å². The molecule has 0 radical (unpaired) electrons. The molecule has 2 amide bonds. The minimum Gasteiger partial charge on any atom is -0.378 e. The lowest BCUT2D eigenvalue weighted by Crippen LogP contribution is -2.81. The predicted octanol–water partition coefficient (Wildman–Crippen LogP) is 1.49. The van der Waals surface area contributed by atoms with Crippen LogP contribution in [0.2, 0.25) is 5.02 Å². The van der Waals surface area contributed by atoms with Crippen molar-refractivity contribution in [3.8, 4) is 0 Å². The van der Waals surface area contributed by atoms with E-state index in [-0.39, 0.29) is 23.4 Å². The molecule has 0 bridgehead atoms. The van der Waals surface area contributed by atoms with E-state index in [1.54, 1.807) is 24.3 Å². The first-order valence-corrected chi connectivity index (χ1v) is 10.1. The van der Waals surface area contributed by atoms with Crippen LogP contribution in [0.25, 0.3) is 0 Å². The van der Waals surface area contributed by atoms with Gasteiger partial charge in [0.05, 0.1) is 24.8 Å². The van der Waals surface area contributed by atoms with Gasteiger partial charge in [0.2, 0.25) is 5.91 Å². The summed E-state index contributed by atoms with van der Waals surface area (Å²) in [5.74, 6) is 0.577. The van der Waals surface area contributed by atoms with Crippen molar-refractivity contribution in [3.05, 3.63) is 34.9 Å². The normalized spacial score (nSPS) is 27.2. The fraction of sp³-hybridized carbons (Fsp3) is 0.600. The highest BCUT2D eigenvalue weighted by molar-refractivity contribution is 6.30. The molecule has 4 aliphatic rings. The molecule has 144 valence electrons. The van der Waals surface area contributed by atoms with Gasteiger partial charge in [0, 0.05) is 49.2 Å². The van der Waals surface area contributed by atoms with Crippen molar-refractivity contribution in [2.45, 2.75) is 24.4 Å². The highest BCUT2D eigenvalue weighted by atomic mass is 35.5. The predicted molar refractivity (Wildman–Crippen MR) is 101 cm³/mol. The molecule has 1 aliphatic carbocycles. The molecule has 1 saturated carbocycles. The molecule has 27 heavy (non-hydrogen) atoms. The van der Waals surface area contributed by atoms with E-state index in [1.807, 2.05) is 9.80 Å². The minimum atomic E-state index is -0.126. The maximum absolute atomic E-state index is 13.1. The van der Waals surface area contributed by atoms with Gasteiger partial charge in [-0.2, -0.15) is 0 Å². The molecule has 7 heteroatoms. The molecule has 3 aliphatic heterocycles. The molecule has 1 atom stereocenters. The molecule has 1 spiro atoms. The number of nitrogens with zero attached hydrogens (tertiary/aromatic N) is 3. The van der Waals surface area contributed by atoms with Crippen molar-refractivity contribution in [3.63, 3.8) is 0 Å². The summed E-state index contributed by atoms with van der Waals surface area (Å²) in [6.07, 6.45) is 2.06. The summed E-state index contributed by atoms with van der Waals surface area (Å²) in [4.78, 5) is 31.9. The third kappa shape index (κ3) is 3.04. The number of rotatable bonds is 2. The first-order chi connectivity index (χ1) is 13.1. The van der Waals surface area contributed by atoms with Crippen molar-refractivity contribution >= 4 is 23.4 Å². The third-order valence-electron chi connectivity index (χ3n) is 6.34. The highest BCUT2D eigenvalue weighted by Gasteiger charge is 2.57. The molecule has 1 aromatic rings. The first kappa shape index (κ1) is 17.5. The molecule has 1 aromatic carbocycles. The van der Waals surface area contributed by atoms with Crippen LogP contribution in [0.1, 0.15) is 23.2 Å². The second-order valence-electron chi connectivity index (χ2n) is 8.31. The van der Waals surface area contributed by atoms with E-state index >= 15 is 0 Å².